The molecule has 1 unspecified atom stereocenters. The highest BCUT2D eigenvalue weighted by atomic mass is 79.9. The van der Waals surface area contributed by atoms with Crippen molar-refractivity contribution in [3.05, 3.63) is 57.6 Å². The van der Waals surface area contributed by atoms with E-state index in [9.17, 15) is 5.11 Å². The first kappa shape index (κ1) is 14.9. The topological polar surface area (TPSA) is 38.7 Å². The van der Waals surface area contributed by atoms with Gasteiger partial charge in [-0.1, -0.05) is 17.7 Å². The van der Waals surface area contributed by atoms with Crippen LogP contribution >= 0.6 is 15.9 Å². The molecule has 0 fully saturated rings. The summed E-state index contributed by atoms with van der Waals surface area (Å²) in [6.07, 6.45) is -0.743. The minimum absolute atomic E-state index is 0.676. The normalized spacial score (nSPS) is 12.1. The van der Waals surface area contributed by atoms with E-state index in [2.05, 4.69) is 15.9 Å². The van der Waals surface area contributed by atoms with Gasteiger partial charge in [0.05, 0.1) is 18.7 Å². The quantitative estimate of drug-likeness (QED) is 0.921. The van der Waals surface area contributed by atoms with Gasteiger partial charge in [-0.3, -0.25) is 0 Å². The van der Waals surface area contributed by atoms with Crippen LogP contribution in [0.4, 0.5) is 0 Å². The number of aliphatic hydroxyl groups excluding tert-OH is 1. The Kier molecular flexibility index (Phi) is 4.68. The third-order valence-electron chi connectivity index (χ3n) is 3.17. The third kappa shape index (κ3) is 2.97. The molecular weight excluding hydrogens is 320 g/mol. The average Bonchev–Trinajstić information content (AvgIpc) is 2.46. The van der Waals surface area contributed by atoms with Gasteiger partial charge < -0.3 is 14.6 Å². The zero-order valence-electron chi connectivity index (χ0n) is 11.7. The maximum atomic E-state index is 10.6. The lowest BCUT2D eigenvalue weighted by atomic mass is 9.99. The predicted octanol–water partition coefficient (Wildman–Crippen LogP) is 3.86. The summed E-state index contributed by atoms with van der Waals surface area (Å²) >= 11 is 3.43. The molecule has 0 bridgehead atoms. The molecule has 4 heteroatoms. The van der Waals surface area contributed by atoms with Gasteiger partial charge in [0, 0.05) is 5.56 Å². The molecule has 0 heterocycles. The zero-order chi connectivity index (χ0) is 14.7. The van der Waals surface area contributed by atoms with Crippen LogP contribution in [0.5, 0.6) is 11.5 Å². The molecular formula is C16H17BrO3. The van der Waals surface area contributed by atoms with E-state index in [1.165, 1.54) is 0 Å². The molecule has 106 valence electrons. The van der Waals surface area contributed by atoms with Crippen LogP contribution in [0.1, 0.15) is 22.8 Å². The van der Waals surface area contributed by atoms with Crippen LogP contribution in [-0.2, 0) is 0 Å². The van der Waals surface area contributed by atoms with Gasteiger partial charge in [-0.15, -0.1) is 0 Å². The van der Waals surface area contributed by atoms with Gasteiger partial charge in [0.25, 0.3) is 0 Å². The fraction of sp³-hybridized carbons (Fsp3) is 0.250. The molecule has 0 saturated carbocycles. The first-order chi connectivity index (χ1) is 9.56. The molecule has 0 aromatic heterocycles. The van der Waals surface area contributed by atoms with Crippen molar-refractivity contribution >= 4 is 15.9 Å². The van der Waals surface area contributed by atoms with Gasteiger partial charge in [-0.05, 0) is 52.7 Å². The van der Waals surface area contributed by atoms with Gasteiger partial charge in [0.2, 0.25) is 0 Å². The second kappa shape index (κ2) is 6.29. The van der Waals surface area contributed by atoms with Crippen molar-refractivity contribution in [2.45, 2.75) is 13.0 Å². The van der Waals surface area contributed by atoms with E-state index >= 15 is 0 Å². The van der Waals surface area contributed by atoms with E-state index in [4.69, 9.17) is 9.47 Å². The molecule has 0 radical (unpaired) electrons. The van der Waals surface area contributed by atoms with Crippen molar-refractivity contribution in [2.75, 3.05) is 14.2 Å². The van der Waals surface area contributed by atoms with Gasteiger partial charge in [0.1, 0.15) is 17.6 Å². The van der Waals surface area contributed by atoms with Crippen molar-refractivity contribution < 1.29 is 14.6 Å². The van der Waals surface area contributed by atoms with Crippen molar-refractivity contribution in [1.82, 2.24) is 0 Å². The molecule has 0 spiro atoms. The van der Waals surface area contributed by atoms with Crippen molar-refractivity contribution in [2.24, 2.45) is 0 Å². The Morgan fingerprint density at radius 3 is 2.25 bits per heavy atom. The predicted molar refractivity (Wildman–Crippen MR) is 82.5 cm³/mol. The Morgan fingerprint density at radius 1 is 1.00 bits per heavy atom. The lowest BCUT2D eigenvalue weighted by Gasteiger charge is -2.17. The average molecular weight is 337 g/mol. The first-order valence-corrected chi connectivity index (χ1v) is 7.02. The van der Waals surface area contributed by atoms with E-state index in [0.717, 1.165) is 26.9 Å². The van der Waals surface area contributed by atoms with Crippen molar-refractivity contribution in [3.63, 3.8) is 0 Å². The summed E-state index contributed by atoms with van der Waals surface area (Å²) in [5, 5.41) is 10.6. The smallest absolute Gasteiger partial charge is 0.133 e. The summed E-state index contributed by atoms with van der Waals surface area (Å²) in [5.74, 6) is 1.41. The van der Waals surface area contributed by atoms with Gasteiger partial charge in [0.15, 0.2) is 0 Å². The molecule has 2 rings (SSSR count). The summed E-state index contributed by atoms with van der Waals surface area (Å²) in [7, 11) is 3.21. The Bertz CT molecular complexity index is 611. The maximum absolute atomic E-state index is 10.6. The Morgan fingerprint density at radius 2 is 1.65 bits per heavy atom. The molecule has 0 amide bonds. The highest BCUT2D eigenvalue weighted by molar-refractivity contribution is 9.10. The Balaban J connectivity index is 2.43. The molecule has 1 N–H and O–H groups in total. The minimum Gasteiger partial charge on any atom is -0.496 e. The highest BCUT2D eigenvalue weighted by Crippen LogP contribution is 2.34. The maximum Gasteiger partial charge on any atom is 0.133 e. The van der Waals surface area contributed by atoms with Crippen molar-refractivity contribution in [1.29, 1.82) is 0 Å². The largest absolute Gasteiger partial charge is 0.496 e. The van der Waals surface area contributed by atoms with E-state index in [0.29, 0.717) is 5.75 Å². The second-order valence-corrected chi connectivity index (χ2v) is 5.40. The van der Waals surface area contributed by atoms with E-state index in [1.807, 2.05) is 43.3 Å². The monoisotopic (exact) mass is 336 g/mol. The SMILES string of the molecule is COc1ccc(C(O)c2cc(C)ccc2OC)cc1Br. The van der Waals surface area contributed by atoms with Crippen LogP contribution in [0.2, 0.25) is 0 Å². The number of halogens is 1. The minimum atomic E-state index is -0.743. The van der Waals surface area contributed by atoms with Crippen LogP contribution in [0.25, 0.3) is 0 Å². The summed E-state index contributed by atoms with van der Waals surface area (Å²) in [5.41, 5.74) is 2.61. The Hall–Kier alpha value is -1.52. The molecule has 0 aliphatic rings. The number of aliphatic hydroxyl groups is 1. The number of methoxy groups -OCH3 is 2. The molecule has 0 aliphatic heterocycles. The zero-order valence-corrected chi connectivity index (χ0v) is 13.3. The molecule has 2 aromatic rings. The van der Waals surface area contributed by atoms with E-state index < -0.39 is 6.10 Å². The molecule has 20 heavy (non-hydrogen) atoms. The van der Waals surface area contributed by atoms with Gasteiger partial charge in [-0.25, -0.2) is 0 Å². The van der Waals surface area contributed by atoms with Crippen LogP contribution in [0.3, 0.4) is 0 Å². The van der Waals surface area contributed by atoms with Crippen molar-refractivity contribution in [3.8, 4) is 11.5 Å². The fourth-order valence-corrected chi connectivity index (χ4v) is 2.66. The van der Waals surface area contributed by atoms with Crippen LogP contribution in [0.15, 0.2) is 40.9 Å². The van der Waals surface area contributed by atoms with Crippen LogP contribution < -0.4 is 9.47 Å². The molecule has 0 saturated heterocycles. The second-order valence-electron chi connectivity index (χ2n) is 4.54. The van der Waals surface area contributed by atoms with Crippen LogP contribution in [0, 0.1) is 6.92 Å². The lowest BCUT2D eigenvalue weighted by Crippen LogP contribution is -2.03. The number of rotatable bonds is 4. The summed E-state index contributed by atoms with van der Waals surface area (Å²) in [4.78, 5) is 0. The van der Waals surface area contributed by atoms with Gasteiger partial charge in [-0.2, -0.15) is 0 Å². The van der Waals surface area contributed by atoms with Gasteiger partial charge >= 0.3 is 0 Å². The van der Waals surface area contributed by atoms with Crippen LogP contribution in [-0.4, -0.2) is 19.3 Å². The molecule has 0 aliphatic carbocycles. The number of hydrogen-bond donors (Lipinski definition) is 1. The number of ether oxygens (including phenoxy) is 2. The number of hydrogen-bond acceptors (Lipinski definition) is 3. The summed E-state index contributed by atoms with van der Waals surface area (Å²) in [6, 6.07) is 11.3. The standard InChI is InChI=1S/C16H17BrO3/c1-10-4-6-14(19-2)12(8-10)16(18)11-5-7-15(20-3)13(17)9-11/h4-9,16,18H,1-3H3. The van der Waals surface area contributed by atoms with E-state index in [1.54, 1.807) is 14.2 Å². The van der Waals surface area contributed by atoms with E-state index in [-0.39, 0.29) is 0 Å². The highest BCUT2D eigenvalue weighted by Gasteiger charge is 2.17. The lowest BCUT2D eigenvalue weighted by molar-refractivity contribution is 0.214. The molecule has 2 aromatic carbocycles. The summed E-state index contributed by atoms with van der Waals surface area (Å²) < 4.78 is 11.3. The molecule has 3 nitrogen and oxygen atoms in total. The summed E-state index contributed by atoms with van der Waals surface area (Å²) in [6.45, 7) is 1.99. The molecule has 1 atom stereocenters. The Labute approximate surface area is 127 Å². The fourth-order valence-electron chi connectivity index (χ4n) is 2.10. The number of aryl methyl sites for hydroxylation is 1. The first-order valence-electron chi connectivity index (χ1n) is 6.23. The number of benzene rings is 2. The third-order valence-corrected chi connectivity index (χ3v) is 3.79.